The van der Waals surface area contributed by atoms with E-state index in [0.29, 0.717) is 0 Å². The summed E-state index contributed by atoms with van der Waals surface area (Å²) in [6, 6.07) is 1.32. The van der Waals surface area contributed by atoms with E-state index in [-0.39, 0.29) is 18.2 Å². The normalized spacial score (nSPS) is 31.1. The first-order valence-electron chi connectivity index (χ1n) is 4.97. The van der Waals surface area contributed by atoms with Crippen LogP contribution in [0.25, 0.3) is 0 Å². The van der Waals surface area contributed by atoms with E-state index < -0.39 is 36.9 Å². The van der Waals surface area contributed by atoms with Crippen LogP contribution in [0.1, 0.15) is 6.23 Å². The van der Waals surface area contributed by atoms with Crippen molar-refractivity contribution in [3.05, 3.63) is 22.7 Å². The number of aliphatic hydroxyl groups excluding tert-OH is 2. The Bertz CT molecular complexity index is 471. The Morgan fingerprint density at radius 1 is 1.61 bits per heavy atom. The van der Waals surface area contributed by atoms with Crippen LogP contribution in [-0.2, 0) is 4.74 Å². The van der Waals surface area contributed by atoms with Gasteiger partial charge >= 0.3 is 5.69 Å². The Balaban J connectivity index is 0.00000162. The maximum Gasteiger partial charge on any atom is 0.351 e. The number of alkyl halides is 1. The highest BCUT2D eigenvalue weighted by Crippen LogP contribution is 2.30. The van der Waals surface area contributed by atoms with E-state index in [4.69, 9.17) is 15.6 Å². The molecule has 1 fully saturated rings. The van der Waals surface area contributed by atoms with Crippen LogP contribution in [0, 0.1) is 0 Å². The lowest BCUT2D eigenvalue weighted by molar-refractivity contribution is -0.0490. The number of nitrogens with zero attached hydrogens (tertiary/aromatic N) is 2. The molecule has 0 bridgehead atoms. The van der Waals surface area contributed by atoms with E-state index >= 15 is 0 Å². The molecule has 1 aliphatic heterocycles. The molecule has 0 aromatic carbocycles. The average Bonchev–Trinajstić information content (AvgIpc) is 2.57. The summed E-state index contributed by atoms with van der Waals surface area (Å²) in [5, 5.41) is 18.3. The number of nitrogen functional groups attached to an aromatic ring is 1. The number of aromatic nitrogens is 2. The standard InChI is InChI=1S/C9H12FN3O4.ClH/c10-6-7(15)4(3-14)17-8(6)13-2-1-5(11)12-9(13)16;/h1-2,4,6-8,14-15H,3H2,(H2,11,12,16);1H/t4-,6+,7-,8-;/m1./s1. The summed E-state index contributed by atoms with van der Waals surface area (Å²) in [6.45, 7) is -0.533. The van der Waals surface area contributed by atoms with Crippen LogP contribution in [0.3, 0.4) is 0 Å². The van der Waals surface area contributed by atoms with Gasteiger partial charge in [-0.05, 0) is 6.07 Å². The first kappa shape index (κ1) is 14.8. The number of anilines is 1. The summed E-state index contributed by atoms with van der Waals surface area (Å²) in [6.07, 6.45) is -4.42. The molecular weight excluding hydrogens is 269 g/mol. The van der Waals surface area contributed by atoms with Gasteiger partial charge in [0, 0.05) is 6.20 Å². The lowest BCUT2D eigenvalue weighted by Gasteiger charge is -2.15. The van der Waals surface area contributed by atoms with E-state index in [9.17, 15) is 14.3 Å². The van der Waals surface area contributed by atoms with Crippen LogP contribution in [0.15, 0.2) is 17.1 Å². The third-order valence-corrected chi connectivity index (χ3v) is 2.60. The van der Waals surface area contributed by atoms with Crippen LogP contribution in [0.5, 0.6) is 0 Å². The first-order chi connectivity index (χ1) is 8.04. The maximum atomic E-state index is 13.7. The smallest absolute Gasteiger partial charge is 0.351 e. The lowest BCUT2D eigenvalue weighted by atomic mass is 10.1. The van der Waals surface area contributed by atoms with Crippen molar-refractivity contribution < 1.29 is 19.3 Å². The molecule has 1 aromatic rings. The van der Waals surface area contributed by atoms with Crippen LogP contribution in [0.4, 0.5) is 10.2 Å². The van der Waals surface area contributed by atoms with E-state index in [1.165, 1.54) is 12.3 Å². The third kappa shape index (κ3) is 2.46. The Kier molecular flexibility index (Phi) is 4.63. The number of halogens is 2. The second-order valence-corrected chi connectivity index (χ2v) is 3.72. The van der Waals surface area contributed by atoms with Gasteiger partial charge in [-0.15, -0.1) is 12.4 Å². The quantitative estimate of drug-likeness (QED) is 0.630. The molecule has 2 heterocycles. The summed E-state index contributed by atoms with van der Waals surface area (Å²) < 4.78 is 19.6. The number of hydrogen-bond donors (Lipinski definition) is 3. The Hall–Kier alpha value is -1.22. The van der Waals surface area contributed by atoms with E-state index in [2.05, 4.69) is 4.98 Å². The van der Waals surface area contributed by atoms with Crippen molar-refractivity contribution in [1.29, 1.82) is 0 Å². The minimum atomic E-state index is -1.81. The molecule has 1 saturated heterocycles. The van der Waals surface area contributed by atoms with Gasteiger partial charge in [-0.2, -0.15) is 4.98 Å². The molecule has 18 heavy (non-hydrogen) atoms. The SMILES string of the molecule is Cl.Nc1ccn([C@@H]2O[C@H](CO)[C@@H](O)[C@@H]2F)c(=O)n1. The number of rotatable bonds is 2. The molecule has 0 spiro atoms. The Labute approximate surface area is 107 Å². The molecule has 9 heteroatoms. The lowest BCUT2D eigenvalue weighted by Crippen LogP contribution is -2.33. The second kappa shape index (κ2) is 5.61. The van der Waals surface area contributed by atoms with Gasteiger partial charge in [0.05, 0.1) is 6.61 Å². The highest BCUT2D eigenvalue weighted by Gasteiger charge is 2.45. The van der Waals surface area contributed by atoms with Crippen LogP contribution in [-0.4, -0.2) is 44.8 Å². The summed E-state index contributed by atoms with van der Waals surface area (Å²) >= 11 is 0. The molecule has 0 amide bonds. The molecule has 0 radical (unpaired) electrons. The predicted molar refractivity (Wildman–Crippen MR) is 62.1 cm³/mol. The molecule has 102 valence electrons. The summed E-state index contributed by atoms with van der Waals surface area (Å²) in [5.74, 6) is 0.0129. The van der Waals surface area contributed by atoms with Gasteiger partial charge in [-0.25, -0.2) is 9.18 Å². The van der Waals surface area contributed by atoms with Gasteiger partial charge < -0.3 is 20.7 Å². The molecule has 1 aliphatic rings. The summed E-state index contributed by atoms with van der Waals surface area (Å²) in [7, 11) is 0. The monoisotopic (exact) mass is 281 g/mol. The van der Waals surface area contributed by atoms with Crippen molar-refractivity contribution in [2.45, 2.75) is 24.6 Å². The van der Waals surface area contributed by atoms with Crippen molar-refractivity contribution in [3.8, 4) is 0 Å². The van der Waals surface area contributed by atoms with Gasteiger partial charge in [0.25, 0.3) is 0 Å². The fourth-order valence-electron chi connectivity index (χ4n) is 1.70. The van der Waals surface area contributed by atoms with Crippen molar-refractivity contribution in [1.82, 2.24) is 9.55 Å². The van der Waals surface area contributed by atoms with Gasteiger partial charge in [0.1, 0.15) is 18.0 Å². The van der Waals surface area contributed by atoms with Crippen LogP contribution in [0.2, 0.25) is 0 Å². The first-order valence-corrected chi connectivity index (χ1v) is 4.97. The molecule has 0 unspecified atom stereocenters. The minimum Gasteiger partial charge on any atom is -0.394 e. The average molecular weight is 282 g/mol. The van der Waals surface area contributed by atoms with Crippen molar-refractivity contribution in [2.75, 3.05) is 12.3 Å². The largest absolute Gasteiger partial charge is 0.394 e. The van der Waals surface area contributed by atoms with E-state index in [1.807, 2.05) is 0 Å². The summed E-state index contributed by atoms with van der Waals surface area (Å²) in [4.78, 5) is 14.9. The maximum absolute atomic E-state index is 13.7. The van der Waals surface area contributed by atoms with Crippen molar-refractivity contribution >= 4 is 18.2 Å². The fourth-order valence-corrected chi connectivity index (χ4v) is 1.70. The molecule has 0 saturated carbocycles. The van der Waals surface area contributed by atoms with Gasteiger partial charge in [0.2, 0.25) is 0 Å². The number of hydrogen-bond acceptors (Lipinski definition) is 6. The van der Waals surface area contributed by atoms with Crippen molar-refractivity contribution in [2.24, 2.45) is 0 Å². The van der Waals surface area contributed by atoms with Gasteiger partial charge in [0.15, 0.2) is 12.4 Å². The Morgan fingerprint density at radius 3 is 2.78 bits per heavy atom. The molecule has 1 aromatic heterocycles. The molecular formula is C9H13ClFN3O4. The molecule has 4 atom stereocenters. The Morgan fingerprint density at radius 2 is 2.28 bits per heavy atom. The van der Waals surface area contributed by atoms with E-state index in [0.717, 1.165) is 4.57 Å². The van der Waals surface area contributed by atoms with Crippen LogP contribution >= 0.6 is 12.4 Å². The predicted octanol–water partition coefficient (Wildman–Crippen LogP) is -1.16. The fraction of sp³-hybridized carbons (Fsp3) is 0.556. The van der Waals surface area contributed by atoms with Gasteiger partial charge in [-0.1, -0.05) is 0 Å². The topological polar surface area (TPSA) is 111 Å². The zero-order chi connectivity index (χ0) is 12.6. The molecule has 7 nitrogen and oxygen atoms in total. The number of aliphatic hydroxyl groups is 2. The highest BCUT2D eigenvalue weighted by atomic mass is 35.5. The number of nitrogens with two attached hydrogens (primary N) is 1. The zero-order valence-electron chi connectivity index (χ0n) is 9.14. The van der Waals surface area contributed by atoms with Gasteiger partial charge in [-0.3, -0.25) is 4.57 Å². The molecule has 0 aliphatic carbocycles. The summed E-state index contributed by atoms with van der Waals surface area (Å²) in [5.41, 5.74) is 4.52. The van der Waals surface area contributed by atoms with E-state index in [1.54, 1.807) is 0 Å². The minimum absolute atomic E-state index is 0. The highest BCUT2D eigenvalue weighted by molar-refractivity contribution is 5.85. The van der Waals surface area contributed by atoms with Crippen molar-refractivity contribution in [3.63, 3.8) is 0 Å². The molecule has 4 N–H and O–H groups in total. The zero-order valence-corrected chi connectivity index (χ0v) is 9.96. The second-order valence-electron chi connectivity index (χ2n) is 3.72. The van der Waals surface area contributed by atoms with Crippen LogP contribution < -0.4 is 11.4 Å². The molecule has 2 rings (SSSR count). The number of ether oxygens (including phenoxy) is 1. The third-order valence-electron chi connectivity index (χ3n) is 2.60.